The number of nitrogens with zero attached hydrogens (tertiary/aromatic N) is 5. The van der Waals surface area contributed by atoms with Crippen LogP contribution in [0, 0.1) is 11.3 Å². The number of aromatic nitrogens is 3. The van der Waals surface area contributed by atoms with Crippen molar-refractivity contribution in [2.24, 2.45) is 0 Å². The number of nitriles is 1. The highest BCUT2D eigenvalue weighted by Gasteiger charge is 2.23. The van der Waals surface area contributed by atoms with Crippen LogP contribution in [-0.4, -0.2) is 32.1 Å². The summed E-state index contributed by atoms with van der Waals surface area (Å²) in [6, 6.07) is 14.8. The summed E-state index contributed by atoms with van der Waals surface area (Å²) >= 11 is 0. The predicted molar refractivity (Wildman–Crippen MR) is 122 cm³/mol. The summed E-state index contributed by atoms with van der Waals surface area (Å²) in [6.45, 7) is 8.60. The third-order valence-electron chi connectivity index (χ3n) is 5.15. The molecule has 0 radical (unpaired) electrons. The van der Waals surface area contributed by atoms with Crippen molar-refractivity contribution in [1.29, 1.82) is 5.26 Å². The lowest BCUT2D eigenvalue weighted by atomic mass is 10.1. The van der Waals surface area contributed by atoms with Crippen molar-refractivity contribution >= 4 is 16.9 Å². The molecule has 0 atom stereocenters. The molecule has 0 unspecified atom stereocenters. The molecule has 0 saturated carbocycles. The normalized spacial score (nSPS) is 10.9. The van der Waals surface area contributed by atoms with Crippen molar-refractivity contribution in [2.45, 2.75) is 26.4 Å². The Kier molecular flexibility index (Phi) is 5.86. The molecular formula is C25H23N5O2. The van der Waals surface area contributed by atoms with Gasteiger partial charge in [0, 0.05) is 19.1 Å². The predicted octanol–water partition coefficient (Wildman–Crippen LogP) is 4.97. The van der Waals surface area contributed by atoms with Crippen LogP contribution in [0.25, 0.3) is 22.5 Å². The van der Waals surface area contributed by atoms with Crippen LogP contribution < -0.4 is 0 Å². The van der Waals surface area contributed by atoms with Gasteiger partial charge in [-0.25, -0.2) is 9.67 Å². The highest BCUT2D eigenvalue weighted by atomic mass is 16.3. The van der Waals surface area contributed by atoms with Crippen LogP contribution in [0.2, 0.25) is 0 Å². The monoisotopic (exact) mass is 425 g/mol. The number of benzene rings is 1. The SMILES string of the molecule is C=CCN(Cc1ccc(C#N)cc1)C(=O)c1cc(-c2ccco2)nc2c1cnn2C(C)C. The Morgan fingerprint density at radius 3 is 2.72 bits per heavy atom. The van der Waals surface area contributed by atoms with Gasteiger partial charge in [-0.2, -0.15) is 10.4 Å². The summed E-state index contributed by atoms with van der Waals surface area (Å²) in [5, 5.41) is 14.2. The second-order valence-electron chi connectivity index (χ2n) is 7.74. The van der Waals surface area contributed by atoms with Crippen molar-refractivity contribution in [1.82, 2.24) is 19.7 Å². The fourth-order valence-corrected chi connectivity index (χ4v) is 3.57. The number of carbonyl (C=O) groups excluding carboxylic acids is 1. The van der Waals surface area contributed by atoms with Crippen molar-refractivity contribution < 1.29 is 9.21 Å². The number of fused-ring (bicyclic) bond motifs is 1. The van der Waals surface area contributed by atoms with Gasteiger partial charge in [-0.1, -0.05) is 18.2 Å². The number of pyridine rings is 1. The molecular weight excluding hydrogens is 402 g/mol. The lowest BCUT2D eigenvalue weighted by Gasteiger charge is -2.22. The van der Waals surface area contributed by atoms with Gasteiger partial charge in [-0.05, 0) is 49.7 Å². The molecule has 7 heteroatoms. The third-order valence-corrected chi connectivity index (χ3v) is 5.15. The summed E-state index contributed by atoms with van der Waals surface area (Å²) < 4.78 is 7.35. The van der Waals surface area contributed by atoms with E-state index >= 15 is 0 Å². The summed E-state index contributed by atoms with van der Waals surface area (Å²) in [4.78, 5) is 20.2. The Labute approximate surface area is 186 Å². The Balaban J connectivity index is 1.79. The Morgan fingerprint density at radius 2 is 2.09 bits per heavy atom. The first-order chi connectivity index (χ1) is 15.5. The molecule has 4 rings (SSSR count). The van der Waals surface area contributed by atoms with Gasteiger partial charge in [0.1, 0.15) is 5.69 Å². The minimum atomic E-state index is -0.155. The summed E-state index contributed by atoms with van der Waals surface area (Å²) in [5.41, 5.74) is 3.21. The number of carbonyl (C=O) groups is 1. The Morgan fingerprint density at radius 1 is 1.31 bits per heavy atom. The molecule has 32 heavy (non-hydrogen) atoms. The van der Waals surface area contributed by atoms with Crippen molar-refractivity contribution in [3.63, 3.8) is 0 Å². The van der Waals surface area contributed by atoms with Crippen LogP contribution in [0.15, 0.2) is 72.0 Å². The zero-order valence-corrected chi connectivity index (χ0v) is 18.0. The molecule has 1 aromatic carbocycles. The molecule has 3 aromatic heterocycles. The minimum absolute atomic E-state index is 0.0812. The lowest BCUT2D eigenvalue weighted by Crippen LogP contribution is -2.31. The second kappa shape index (κ2) is 8.90. The second-order valence-corrected chi connectivity index (χ2v) is 7.74. The molecule has 0 aliphatic rings. The molecule has 0 N–H and O–H groups in total. The zero-order valence-electron chi connectivity index (χ0n) is 18.0. The van der Waals surface area contributed by atoms with Crippen LogP contribution in [-0.2, 0) is 6.54 Å². The molecule has 0 spiro atoms. The van der Waals surface area contributed by atoms with Crippen molar-refractivity contribution in [3.05, 3.63) is 84.3 Å². The molecule has 160 valence electrons. The third kappa shape index (κ3) is 4.03. The number of amides is 1. The first kappa shape index (κ1) is 21.1. The quantitative estimate of drug-likeness (QED) is 0.390. The highest BCUT2D eigenvalue weighted by molar-refractivity contribution is 6.06. The van der Waals surface area contributed by atoms with E-state index in [-0.39, 0.29) is 11.9 Å². The number of hydrogen-bond acceptors (Lipinski definition) is 5. The van der Waals surface area contributed by atoms with E-state index in [0.29, 0.717) is 46.7 Å². The van der Waals surface area contributed by atoms with E-state index in [1.807, 2.05) is 32.0 Å². The average Bonchev–Trinajstić information content (AvgIpc) is 3.48. The van der Waals surface area contributed by atoms with Crippen LogP contribution in [0.3, 0.4) is 0 Å². The van der Waals surface area contributed by atoms with Crippen LogP contribution in [0.5, 0.6) is 0 Å². The maximum absolute atomic E-state index is 13.7. The van der Waals surface area contributed by atoms with E-state index in [4.69, 9.17) is 14.7 Å². The van der Waals surface area contributed by atoms with Crippen LogP contribution in [0.4, 0.5) is 0 Å². The summed E-state index contributed by atoms with van der Waals surface area (Å²) in [5.74, 6) is 0.428. The highest BCUT2D eigenvalue weighted by Crippen LogP contribution is 2.28. The van der Waals surface area contributed by atoms with E-state index in [2.05, 4.69) is 17.7 Å². The summed E-state index contributed by atoms with van der Waals surface area (Å²) in [6.07, 6.45) is 4.97. The smallest absolute Gasteiger partial charge is 0.255 e. The molecule has 0 fully saturated rings. The van der Waals surface area contributed by atoms with E-state index in [1.54, 1.807) is 52.4 Å². The first-order valence-corrected chi connectivity index (χ1v) is 10.3. The van der Waals surface area contributed by atoms with Gasteiger partial charge in [0.05, 0.1) is 35.0 Å². The molecule has 0 aliphatic carbocycles. The van der Waals surface area contributed by atoms with Gasteiger partial charge in [0.2, 0.25) is 0 Å². The zero-order chi connectivity index (χ0) is 22.7. The fraction of sp³-hybridized carbons (Fsp3) is 0.200. The summed E-state index contributed by atoms with van der Waals surface area (Å²) in [7, 11) is 0. The molecule has 4 aromatic rings. The maximum Gasteiger partial charge on any atom is 0.255 e. The Hall–Kier alpha value is -4.18. The van der Waals surface area contributed by atoms with E-state index in [9.17, 15) is 4.79 Å². The topological polar surface area (TPSA) is 87.9 Å². The lowest BCUT2D eigenvalue weighted by molar-refractivity contribution is 0.0764. The number of furan rings is 1. The van der Waals surface area contributed by atoms with Crippen LogP contribution in [0.1, 0.15) is 41.4 Å². The van der Waals surface area contributed by atoms with Crippen molar-refractivity contribution in [2.75, 3.05) is 6.54 Å². The van der Waals surface area contributed by atoms with Crippen LogP contribution >= 0.6 is 0 Å². The number of rotatable bonds is 7. The van der Waals surface area contributed by atoms with E-state index in [1.165, 1.54) is 0 Å². The number of hydrogen-bond donors (Lipinski definition) is 0. The van der Waals surface area contributed by atoms with Gasteiger partial charge in [-0.3, -0.25) is 4.79 Å². The first-order valence-electron chi connectivity index (χ1n) is 10.3. The standard InChI is InChI=1S/C25H23N5O2/c1-4-11-29(16-19-9-7-18(14-26)8-10-19)25(31)20-13-22(23-6-5-12-32-23)28-24-21(20)15-27-30(24)17(2)3/h4-10,12-13,15,17H,1,11,16H2,2-3H3. The van der Waals surface area contributed by atoms with Gasteiger partial charge in [0.25, 0.3) is 5.91 Å². The van der Waals surface area contributed by atoms with E-state index in [0.717, 1.165) is 5.56 Å². The van der Waals surface area contributed by atoms with E-state index < -0.39 is 0 Å². The van der Waals surface area contributed by atoms with Gasteiger partial charge in [0.15, 0.2) is 11.4 Å². The fourth-order valence-electron chi connectivity index (χ4n) is 3.57. The van der Waals surface area contributed by atoms with Gasteiger partial charge < -0.3 is 9.32 Å². The van der Waals surface area contributed by atoms with Gasteiger partial charge in [-0.15, -0.1) is 6.58 Å². The minimum Gasteiger partial charge on any atom is -0.463 e. The van der Waals surface area contributed by atoms with Crippen molar-refractivity contribution in [3.8, 4) is 17.5 Å². The van der Waals surface area contributed by atoms with Gasteiger partial charge >= 0.3 is 0 Å². The molecule has 0 bridgehead atoms. The maximum atomic E-state index is 13.7. The molecule has 1 amide bonds. The molecule has 0 aliphatic heterocycles. The largest absolute Gasteiger partial charge is 0.463 e. The molecule has 3 heterocycles. The molecule has 0 saturated heterocycles. The Bertz CT molecular complexity index is 1290. The molecule has 7 nitrogen and oxygen atoms in total. The average molecular weight is 425 g/mol.